The molecule has 1 aliphatic heterocycles. The number of nitrogens with zero attached hydrogens (tertiary/aromatic N) is 2. The van der Waals surface area contributed by atoms with Crippen LogP contribution in [0.4, 0.5) is 4.79 Å². The Bertz CT molecular complexity index is 1330. The minimum absolute atomic E-state index is 0.0412. The monoisotopic (exact) mass is 548 g/mol. The van der Waals surface area contributed by atoms with E-state index in [2.05, 4.69) is 39.9 Å². The number of ether oxygens (including phenoxy) is 1. The van der Waals surface area contributed by atoms with Gasteiger partial charge in [-0.2, -0.15) is 0 Å². The van der Waals surface area contributed by atoms with Gasteiger partial charge in [0.25, 0.3) is 0 Å². The molecule has 2 N–H and O–H groups in total. The summed E-state index contributed by atoms with van der Waals surface area (Å²) in [4.78, 5) is 32.9. The highest BCUT2D eigenvalue weighted by atomic mass is 16.5. The Labute approximate surface area is 241 Å². The van der Waals surface area contributed by atoms with Gasteiger partial charge in [-0.3, -0.25) is 9.78 Å². The first-order chi connectivity index (χ1) is 20.2. The van der Waals surface area contributed by atoms with E-state index in [1.54, 1.807) is 6.20 Å². The average Bonchev–Trinajstić information content (AvgIpc) is 3.17. The number of carbonyl (C=O) groups excluding carboxylic acids is 2. The number of hydrogen-bond donors (Lipinski definition) is 2. The Morgan fingerprint density at radius 2 is 1.54 bits per heavy atom. The summed E-state index contributed by atoms with van der Waals surface area (Å²) in [6, 6.07) is 35.4. The third kappa shape index (κ3) is 8.02. The molecule has 2 amide bonds. The second-order valence-electron chi connectivity index (χ2n) is 10.3. The normalized spacial score (nSPS) is 17.2. The minimum atomic E-state index is -0.474. The second kappa shape index (κ2) is 14.2. The van der Waals surface area contributed by atoms with Crippen LogP contribution in [0.15, 0.2) is 115 Å². The lowest BCUT2D eigenvalue weighted by Crippen LogP contribution is -2.50. The van der Waals surface area contributed by atoms with Crippen molar-refractivity contribution in [1.29, 1.82) is 0 Å². The molecule has 1 fully saturated rings. The van der Waals surface area contributed by atoms with Gasteiger partial charge in [-0.25, -0.2) is 4.79 Å². The van der Waals surface area contributed by atoms with Gasteiger partial charge in [-0.15, -0.1) is 0 Å². The van der Waals surface area contributed by atoms with Gasteiger partial charge in [-0.1, -0.05) is 97.1 Å². The summed E-state index contributed by atoms with van der Waals surface area (Å²) in [6.45, 7) is 1.70. The van der Waals surface area contributed by atoms with Gasteiger partial charge in [0.2, 0.25) is 5.91 Å². The number of hydrogen-bond acceptors (Lipinski definition) is 5. The van der Waals surface area contributed by atoms with Crippen LogP contribution < -0.4 is 10.6 Å². The minimum Gasteiger partial charge on any atom is -0.445 e. The van der Waals surface area contributed by atoms with Crippen molar-refractivity contribution in [3.8, 4) is 0 Å². The predicted octanol–water partition coefficient (Wildman–Crippen LogP) is 4.94. The fraction of sp³-hybridized carbons (Fsp3) is 0.265. The molecule has 0 radical (unpaired) electrons. The van der Waals surface area contributed by atoms with E-state index in [4.69, 9.17) is 4.74 Å². The fourth-order valence-corrected chi connectivity index (χ4v) is 5.27. The quantitative estimate of drug-likeness (QED) is 0.293. The number of benzene rings is 3. The number of amides is 2. The summed E-state index contributed by atoms with van der Waals surface area (Å²) in [6.07, 6.45) is 2.43. The number of alkyl carbamates (subject to hydrolysis) is 1. The molecule has 210 valence electrons. The van der Waals surface area contributed by atoms with Gasteiger partial charge in [0.1, 0.15) is 6.61 Å². The maximum absolute atomic E-state index is 14.0. The SMILES string of the molecule is O=C(NC[C@@H]1CCN(CC(c2ccccc2)c2ccccc2)C(=O)[C@H](Cc2ccccn2)N1)OCc1ccccc1. The molecule has 2 atom stereocenters. The van der Waals surface area contributed by atoms with E-state index in [0.717, 1.165) is 11.3 Å². The third-order valence-electron chi connectivity index (χ3n) is 7.45. The van der Waals surface area contributed by atoms with Crippen LogP contribution in [0.2, 0.25) is 0 Å². The zero-order valence-electron chi connectivity index (χ0n) is 23.1. The molecule has 0 saturated carbocycles. The molecule has 0 aliphatic carbocycles. The summed E-state index contributed by atoms with van der Waals surface area (Å²) in [5, 5.41) is 6.41. The lowest BCUT2D eigenvalue weighted by Gasteiger charge is -2.29. The summed E-state index contributed by atoms with van der Waals surface area (Å²) < 4.78 is 5.40. The third-order valence-corrected chi connectivity index (χ3v) is 7.45. The van der Waals surface area contributed by atoms with E-state index in [1.807, 2.05) is 89.8 Å². The Morgan fingerprint density at radius 1 is 0.902 bits per heavy atom. The molecule has 0 bridgehead atoms. The van der Waals surface area contributed by atoms with Crippen LogP contribution in [0.3, 0.4) is 0 Å². The standard InChI is InChI=1S/C34H36N4O3/c39-33-32(22-29-18-10-11-20-35-29)37-30(23-36-34(40)41-25-26-12-4-1-5-13-26)19-21-38(33)24-31(27-14-6-2-7-15-27)28-16-8-3-9-17-28/h1-18,20,30-32,37H,19,21-25H2,(H,36,40)/t30-,32-/m0/s1. The first kappa shape index (κ1) is 28.1. The van der Waals surface area contributed by atoms with Gasteiger partial charge in [0, 0.05) is 49.9 Å². The Hall–Kier alpha value is -4.49. The van der Waals surface area contributed by atoms with Gasteiger partial charge in [0.05, 0.1) is 6.04 Å². The summed E-state index contributed by atoms with van der Waals surface area (Å²) >= 11 is 0. The number of nitrogens with one attached hydrogen (secondary N) is 2. The van der Waals surface area contributed by atoms with Crippen LogP contribution in [0.25, 0.3) is 0 Å². The molecular formula is C34H36N4O3. The molecule has 7 heteroatoms. The number of rotatable bonds is 10. The van der Waals surface area contributed by atoms with Crippen molar-refractivity contribution in [2.45, 2.75) is 37.5 Å². The molecule has 5 rings (SSSR count). The van der Waals surface area contributed by atoms with E-state index in [-0.39, 0.29) is 24.5 Å². The van der Waals surface area contributed by atoms with Crippen molar-refractivity contribution in [1.82, 2.24) is 20.5 Å². The number of aromatic nitrogens is 1. The van der Waals surface area contributed by atoms with Crippen LogP contribution in [0, 0.1) is 0 Å². The van der Waals surface area contributed by atoms with Gasteiger partial charge in [0.15, 0.2) is 0 Å². The molecule has 7 nitrogen and oxygen atoms in total. The predicted molar refractivity (Wildman–Crippen MR) is 159 cm³/mol. The smallest absolute Gasteiger partial charge is 0.407 e. The second-order valence-corrected chi connectivity index (χ2v) is 10.3. The summed E-state index contributed by atoms with van der Waals surface area (Å²) in [7, 11) is 0. The Morgan fingerprint density at radius 3 is 2.17 bits per heavy atom. The van der Waals surface area contributed by atoms with Gasteiger partial charge >= 0.3 is 6.09 Å². The van der Waals surface area contributed by atoms with E-state index in [0.29, 0.717) is 32.5 Å². The van der Waals surface area contributed by atoms with E-state index >= 15 is 0 Å². The highest BCUT2D eigenvalue weighted by molar-refractivity contribution is 5.82. The molecule has 1 saturated heterocycles. The van der Waals surface area contributed by atoms with Crippen LogP contribution in [0.1, 0.15) is 34.7 Å². The molecule has 0 spiro atoms. The maximum atomic E-state index is 14.0. The van der Waals surface area contributed by atoms with E-state index in [1.165, 1.54) is 11.1 Å². The van der Waals surface area contributed by atoms with Crippen molar-refractivity contribution in [3.63, 3.8) is 0 Å². The zero-order chi connectivity index (χ0) is 28.3. The first-order valence-electron chi connectivity index (χ1n) is 14.1. The molecule has 3 aromatic carbocycles. The Kier molecular flexibility index (Phi) is 9.74. The van der Waals surface area contributed by atoms with Crippen LogP contribution in [-0.4, -0.2) is 53.6 Å². The van der Waals surface area contributed by atoms with Crippen molar-refractivity contribution in [3.05, 3.63) is 138 Å². The topological polar surface area (TPSA) is 83.6 Å². The van der Waals surface area contributed by atoms with Crippen LogP contribution >= 0.6 is 0 Å². The number of pyridine rings is 1. The molecule has 2 heterocycles. The average molecular weight is 549 g/mol. The molecule has 1 aliphatic rings. The van der Waals surface area contributed by atoms with E-state index in [9.17, 15) is 9.59 Å². The summed E-state index contributed by atoms with van der Waals surface area (Å²) in [5.74, 6) is 0.0844. The molecular weight excluding hydrogens is 512 g/mol. The van der Waals surface area contributed by atoms with Gasteiger partial charge < -0.3 is 20.3 Å². The molecule has 41 heavy (non-hydrogen) atoms. The molecule has 1 aromatic heterocycles. The molecule has 4 aromatic rings. The van der Waals surface area contributed by atoms with Gasteiger partial charge in [-0.05, 0) is 35.2 Å². The van der Waals surface area contributed by atoms with Crippen molar-refractivity contribution >= 4 is 12.0 Å². The largest absolute Gasteiger partial charge is 0.445 e. The first-order valence-corrected chi connectivity index (χ1v) is 14.1. The highest BCUT2D eigenvalue weighted by Gasteiger charge is 2.33. The fourth-order valence-electron chi connectivity index (χ4n) is 5.27. The van der Waals surface area contributed by atoms with Crippen molar-refractivity contribution in [2.75, 3.05) is 19.6 Å². The molecule has 0 unspecified atom stereocenters. The lowest BCUT2D eigenvalue weighted by molar-refractivity contribution is -0.132. The van der Waals surface area contributed by atoms with Crippen LogP contribution in [0.5, 0.6) is 0 Å². The maximum Gasteiger partial charge on any atom is 0.407 e. The highest BCUT2D eigenvalue weighted by Crippen LogP contribution is 2.27. The lowest BCUT2D eigenvalue weighted by atomic mass is 9.90. The van der Waals surface area contributed by atoms with Crippen molar-refractivity contribution < 1.29 is 14.3 Å². The van der Waals surface area contributed by atoms with Crippen LogP contribution in [-0.2, 0) is 22.6 Å². The zero-order valence-corrected chi connectivity index (χ0v) is 23.1. The van der Waals surface area contributed by atoms with Crippen molar-refractivity contribution in [2.24, 2.45) is 0 Å². The summed E-state index contributed by atoms with van der Waals surface area (Å²) in [5.41, 5.74) is 4.11. The Balaban J connectivity index is 1.30. The van der Waals surface area contributed by atoms with E-state index < -0.39 is 12.1 Å². The number of carbonyl (C=O) groups is 2.